The second-order valence-electron chi connectivity index (χ2n) is 7.76. The van der Waals surface area contributed by atoms with Gasteiger partial charge in [-0.05, 0) is 42.7 Å². The van der Waals surface area contributed by atoms with E-state index < -0.39 is 17.7 Å². The molecule has 0 unspecified atom stereocenters. The fourth-order valence-corrected chi connectivity index (χ4v) is 3.91. The molecule has 8 heteroatoms. The molecular weight excluding hydrogens is 414 g/mol. The summed E-state index contributed by atoms with van der Waals surface area (Å²) in [5.74, 6) is 0.287. The molecule has 0 fully saturated rings. The Balaban J connectivity index is 1.49. The first-order valence-corrected chi connectivity index (χ1v) is 10.2. The molecule has 1 aromatic heterocycles. The van der Waals surface area contributed by atoms with E-state index in [-0.39, 0.29) is 17.1 Å². The lowest BCUT2D eigenvalue weighted by Gasteiger charge is -2.27. The van der Waals surface area contributed by atoms with E-state index in [4.69, 9.17) is 0 Å². The van der Waals surface area contributed by atoms with Crippen LogP contribution in [0, 0.1) is 11.8 Å². The van der Waals surface area contributed by atoms with Gasteiger partial charge in [0, 0.05) is 43.4 Å². The lowest BCUT2D eigenvalue weighted by atomic mass is 9.98. The number of pyridine rings is 1. The Hall–Kier alpha value is -3.61. The topological polar surface area (TPSA) is 74.3 Å². The van der Waals surface area contributed by atoms with Crippen LogP contribution in [0.15, 0.2) is 41.6 Å². The van der Waals surface area contributed by atoms with Crippen LogP contribution in [0.1, 0.15) is 40.5 Å². The SMILES string of the molecule is CNC(=O)c1ccc(C2=CCN(Cc3ccc4c(c3F)NC(=C=O)C(C)=C4)CC2)c(F)n1. The summed E-state index contributed by atoms with van der Waals surface area (Å²) in [5.41, 5.74) is 3.63. The van der Waals surface area contributed by atoms with Crippen LogP contribution in [0.3, 0.4) is 0 Å². The van der Waals surface area contributed by atoms with Gasteiger partial charge < -0.3 is 10.6 Å². The first kappa shape index (κ1) is 21.6. The average molecular weight is 436 g/mol. The second kappa shape index (κ2) is 8.86. The van der Waals surface area contributed by atoms with Gasteiger partial charge in [-0.25, -0.2) is 14.2 Å². The number of benzene rings is 1. The molecule has 0 aliphatic carbocycles. The van der Waals surface area contributed by atoms with Gasteiger partial charge in [0.1, 0.15) is 11.4 Å². The van der Waals surface area contributed by atoms with Crippen LogP contribution in [-0.2, 0) is 11.3 Å². The van der Waals surface area contributed by atoms with Crippen LogP contribution in [0.25, 0.3) is 11.6 Å². The molecule has 0 saturated heterocycles. The molecule has 0 radical (unpaired) electrons. The molecule has 6 nitrogen and oxygen atoms in total. The highest BCUT2D eigenvalue weighted by molar-refractivity contribution is 5.92. The zero-order chi connectivity index (χ0) is 22.8. The zero-order valence-electron chi connectivity index (χ0n) is 17.8. The number of amides is 1. The molecule has 2 N–H and O–H groups in total. The standard InChI is InChI=1S/C24H22F2N4O2/c1-14-11-16-3-4-17(21(25)22(16)28-20(14)13-31)12-30-9-7-15(8-10-30)18-5-6-19(24(32)27-2)29-23(18)26/h3-7,11,28H,8-10,12H2,1-2H3,(H,27,32). The molecule has 3 heterocycles. The summed E-state index contributed by atoms with van der Waals surface area (Å²) in [5, 5.41) is 5.26. The molecular formula is C24H22F2N4O2. The molecule has 0 spiro atoms. The highest BCUT2D eigenvalue weighted by Crippen LogP contribution is 2.33. The number of fused-ring (bicyclic) bond motifs is 1. The van der Waals surface area contributed by atoms with Gasteiger partial charge in [0.15, 0.2) is 11.8 Å². The second-order valence-corrected chi connectivity index (χ2v) is 7.76. The molecule has 0 saturated carbocycles. The van der Waals surface area contributed by atoms with Gasteiger partial charge in [0.05, 0.1) is 5.69 Å². The number of nitrogens with one attached hydrogen (secondary N) is 2. The lowest BCUT2D eigenvalue weighted by molar-refractivity contribution is 0.0957. The molecule has 1 aromatic carbocycles. The summed E-state index contributed by atoms with van der Waals surface area (Å²) >= 11 is 0. The average Bonchev–Trinajstić information content (AvgIpc) is 2.80. The monoisotopic (exact) mass is 436 g/mol. The summed E-state index contributed by atoms with van der Waals surface area (Å²) in [6, 6.07) is 6.64. The maximum Gasteiger partial charge on any atom is 0.269 e. The quantitative estimate of drug-likeness (QED) is 0.567. The summed E-state index contributed by atoms with van der Waals surface area (Å²) < 4.78 is 29.5. The van der Waals surface area contributed by atoms with Crippen molar-refractivity contribution in [2.45, 2.75) is 19.9 Å². The normalized spacial score (nSPS) is 15.8. The molecule has 1 amide bonds. The fraction of sp³-hybridized carbons (Fsp3) is 0.250. The maximum absolute atomic E-state index is 15.1. The van der Waals surface area contributed by atoms with Crippen LogP contribution in [-0.4, -0.2) is 41.9 Å². The molecule has 0 atom stereocenters. The van der Waals surface area contributed by atoms with Crippen molar-refractivity contribution in [3.05, 3.63) is 75.8 Å². The molecule has 2 aliphatic heterocycles. The van der Waals surface area contributed by atoms with E-state index in [1.165, 1.54) is 13.1 Å². The van der Waals surface area contributed by atoms with E-state index in [1.54, 1.807) is 31.1 Å². The number of hydrogen-bond donors (Lipinski definition) is 2. The Morgan fingerprint density at radius 3 is 2.75 bits per heavy atom. The van der Waals surface area contributed by atoms with Crippen LogP contribution in [0.2, 0.25) is 0 Å². The Labute approximate surface area is 184 Å². The van der Waals surface area contributed by atoms with E-state index in [0.717, 1.165) is 5.57 Å². The highest BCUT2D eigenvalue weighted by Gasteiger charge is 2.22. The Morgan fingerprint density at radius 1 is 1.28 bits per heavy atom. The number of anilines is 1. The van der Waals surface area contributed by atoms with E-state index in [9.17, 15) is 14.0 Å². The van der Waals surface area contributed by atoms with Crippen molar-refractivity contribution in [1.29, 1.82) is 0 Å². The molecule has 164 valence electrons. The first-order valence-electron chi connectivity index (χ1n) is 10.2. The zero-order valence-corrected chi connectivity index (χ0v) is 17.8. The molecule has 0 bridgehead atoms. The highest BCUT2D eigenvalue weighted by atomic mass is 19.1. The minimum Gasteiger partial charge on any atom is -0.354 e. The van der Waals surface area contributed by atoms with Gasteiger partial charge >= 0.3 is 0 Å². The minimum absolute atomic E-state index is 0.0286. The number of aromatic nitrogens is 1. The van der Waals surface area contributed by atoms with Gasteiger partial charge in [-0.2, -0.15) is 4.39 Å². The maximum atomic E-state index is 15.1. The number of carbonyl (C=O) groups is 1. The third-order valence-electron chi connectivity index (χ3n) is 5.71. The third kappa shape index (κ3) is 4.10. The third-order valence-corrected chi connectivity index (χ3v) is 5.71. The molecule has 2 aliphatic rings. The predicted molar refractivity (Wildman–Crippen MR) is 118 cm³/mol. The number of nitrogens with zero attached hydrogens (tertiary/aromatic N) is 2. The van der Waals surface area contributed by atoms with E-state index >= 15 is 4.39 Å². The van der Waals surface area contributed by atoms with Gasteiger partial charge in [0.2, 0.25) is 5.95 Å². The number of hydrogen-bond acceptors (Lipinski definition) is 5. The van der Waals surface area contributed by atoms with E-state index in [2.05, 4.69) is 20.5 Å². The van der Waals surface area contributed by atoms with Gasteiger partial charge in [-0.15, -0.1) is 0 Å². The van der Waals surface area contributed by atoms with Crippen LogP contribution >= 0.6 is 0 Å². The van der Waals surface area contributed by atoms with E-state index in [1.807, 2.05) is 12.1 Å². The minimum atomic E-state index is -0.681. The molecule has 2 aromatic rings. The van der Waals surface area contributed by atoms with Crippen molar-refractivity contribution in [2.24, 2.45) is 0 Å². The van der Waals surface area contributed by atoms with Crippen molar-refractivity contribution < 1.29 is 18.4 Å². The van der Waals surface area contributed by atoms with Crippen LogP contribution < -0.4 is 10.6 Å². The largest absolute Gasteiger partial charge is 0.354 e. The summed E-state index contributed by atoms with van der Waals surface area (Å²) in [4.78, 5) is 28.5. The number of carbonyl (C=O) groups excluding carboxylic acids is 2. The summed E-state index contributed by atoms with van der Waals surface area (Å²) in [6.45, 7) is 3.28. The Bertz CT molecular complexity index is 1210. The lowest BCUT2D eigenvalue weighted by Crippen LogP contribution is -2.29. The molecule has 4 rings (SSSR count). The Kier molecular flexibility index (Phi) is 5.99. The smallest absolute Gasteiger partial charge is 0.269 e. The van der Waals surface area contributed by atoms with Gasteiger partial charge in [-0.3, -0.25) is 9.69 Å². The molecule has 32 heavy (non-hydrogen) atoms. The van der Waals surface area contributed by atoms with Crippen molar-refractivity contribution in [2.75, 3.05) is 25.5 Å². The Morgan fingerprint density at radius 2 is 2.09 bits per heavy atom. The number of halogens is 2. The fourth-order valence-electron chi connectivity index (χ4n) is 3.91. The number of allylic oxidation sites excluding steroid dienone is 1. The van der Waals surface area contributed by atoms with Crippen molar-refractivity contribution in [3.8, 4) is 0 Å². The predicted octanol–water partition coefficient (Wildman–Crippen LogP) is 3.55. The summed E-state index contributed by atoms with van der Waals surface area (Å²) in [7, 11) is 1.46. The van der Waals surface area contributed by atoms with Gasteiger partial charge in [0.25, 0.3) is 5.91 Å². The van der Waals surface area contributed by atoms with Crippen molar-refractivity contribution in [1.82, 2.24) is 15.2 Å². The first-order chi connectivity index (χ1) is 15.4. The van der Waals surface area contributed by atoms with Crippen molar-refractivity contribution in [3.63, 3.8) is 0 Å². The van der Waals surface area contributed by atoms with Crippen molar-refractivity contribution >= 4 is 29.2 Å². The number of rotatable bonds is 4. The van der Waals surface area contributed by atoms with Gasteiger partial charge in [-0.1, -0.05) is 18.2 Å². The summed E-state index contributed by atoms with van der Waals surface area (Å²) in [6.07, 6.45) is 4.23. The van der Waals surface area contributed by atoms with Crippen LogP contribution in [0.5, 0.6) is 0 Å². The van der Waals surface area contributed by atoms with Crippen LogP contribution in [0.4, 0.5) is 14.5 Å². The van der Waals surface area contributed by atoms with E-state index in [0.29, 0.717) is 48.3 Å².